The molecule has 2 aromatic heterocycles. The first-order valence-electron chi connectivity index (χ1n) is 11.9. The molecule has 4 rings (SSSR count). The molecule has 0 fully saturated rings. The van der Waals surface area contributed by atoms with Gasteiger partial charge < -0.3 is 21.3 Å². The summed E-state index contributed by atoms with van der Waals surface area (Å²) >= 11 is 29.6. The van der Waals surface area contributed by atoms with Gasteiger partial charge >= 0.3 is 0 Å². The van der Waals surface area contributed by atoms with Crippen molar-refractivity contribution in [2.75, 3.05) is 23.9 Å². The maximum absolute atomic E-state index is 11.4. The number of anilines is 2. The Morgan fingerprint density at radius 3 is 1.69 bits per heavy atom. The second kappa shape index (κ2) is 14.5. The Labute approximate surface area is 266 Å². The van der Waals surface area contributed by atoms with Crippen LogP contribution in [0.3, 0.4) is 0 Å². The number of rotatable bonds is 4. The van der Waals surface area contributed by atoms with Crippen LogP contribution in [0.2, 0.25) is 25.2 Å². The molecule has 0 saturated carbocycles. The zero-order valence-corrected chi connectivity index (χ0v) is 26.5. The molecule has 0 aliphatic carbocycles. The minimum Gasteiger partial charge on any atom is -0.369 e. The summed E-state index contributed by atoms with van der Waals surface area (Å²) in [6.07, 6.45) is 0. The molecule has 4 aromatic rings. The number of nitrogens with one attached hydrogen (secondary N) is 1. The third-order valence-electron chi connectivity index (χ3n) is 5.37. The van der Waals surface area contributed by atoms with Crippen LogP contribution in [-0.2, 0) is 0 Å². The van der Waals surface area contributed by atoms with Crippen LogP contribution >= 0.6 is 58.0 Å². The fourth-order valence-corrected chi connectivity index (χ4v) is 4.01. The average Bonchev–Trinajstić information content (AvgIpc) is 2.90. The van der Waals surface area contributed by atoms with Crippen LogP contribution in [0.4, 0.5) is 23.3 Å². The molecule has 0 amide bonds. The van der Waals surface area contributed by atoms with E-state index in [2.05, 4.69) is 29.9 Å². The molecule has 0 bridgehead atoms. The van der Waals surface area contributed by atoms with Crippen molar-refractivity contribution in [2.45, 2.75) is 13.8 Å². The highest BCUT2D eigenvalue weighted by Gasteiger charge is 2.10. The van der Waals surface area contributed by atoms with Gasteiger partial charge in [-0.25, -0.2) is 9.97 Å². The standard InChI is InChI=1S/C13H12Cl3N5.C13H13Cl2N5O/c1-7-5-11(16)19-13(18-7)20-12(17)21(2)8-3-4-9(14)10(15)6-8;1-7-5-11(21)18-13(17-7)19-12(16)20(2)8-3-4-9(14)10(15)6-8/h3-6H,1-2H3,(H2,17,18,19,20);3-6H,1-2H3,(H3,16,17,18,19,21). The Hall–Kier alpha value is -3.61. The number of hydrogen-bond acceptors (Lipinski definition) is 6. The van der Waals surface area contributed by atoms with E-state index in [-0.39, 0.29) is 29.4 Å². The van der Waals surface area contributed by atoms with E-state index in [1.54, 1.807) is 80.2 Å². The number of nitrogens with zero attached hydrogens (tertiary/aromatic N) is 7. The van der Waals surface area contributed by atoms with Crippen LogP contribution < -0.4 is 26.8 Å². The van der Waals surface area contributed by atoms with Crippen molar-refractivity contribution in [3.63, 3.8) is 0 Å². The fraction of sp³-hybridized carbons (Fsp3) is 0.154. The van der Waals surface area contributed by atoms with Crippen LogP contribution in [0.1, 0.15) is 11.4 Å². The Morgan fingerprint density at radius 2 is 1.21 bits per heavy atom. The Bertz CT molecular complexity index is 1690. The molecule has 220 valence electrons. The Balaban J connectivity index is 0.000000230. The molecule has 0 spiro atoms. The molecule has 42 heavy (non-hydrogen) atoms. The summed E-state index contributed by atoms with van der Waals surface area (Å²) in [7, 11) is 3.46. The highest BCUT2D eigenvalue weighted by atomic mass is 35.5. The van der Waals surface area contributed by atoms with Crippen molar-refractivity contribution < 1.29 is 0 Å². The summed E-state index contributed by atoms with van der Waals surface area (Å²) < 4.78 is 0. The van der Waals surface area contributed by atoms with Crippen molar-refractivity contribution in [3.8, 4) is 0 Å². The third kappa shape index (κ3) is 9.20. The van der Waals surface area contributed by atoms with Crippen molar-refractivity contribution in [2.24, 2.45) is 21.5 Å². The lowest BCUT2D eigenvalue weighted by molar-refractivity contribution is 1.04. The summed E-state index contributed by atoms with van der Waals surface area (Å²) in [5, 5.41) is 2.08. The number of halogens is 5. The quantitative estimate of drug-likeness (QED) is 0.130. The number of benzene rings is 2. The van der Waals surface area contributed by atoms with Crippen molar-refractivity contribution >= 4 is 93.2 Å². The predicted molar refractivity (Wildman–Crippen MR) is 174 cm³/mol. The van der Waals surface area contributed by atoms with E-state index in [1.807, 2.05) is 0 Å². The van der Waals surface area contributed by atoms with Gasteiger partial charge in [-0.3, -0.25) is 9.78 Å². The largest absolute Gasteiger partial charge is 0.369 e. The Morgan fingerprint density at radius 1 is 0.714 bits per heavy atom. The number of nitrogens with two attached hydrogens (primary N) is 2. The van der Waals surface area contributed by atoms with Crippen LogP contribution in [0.25, 0.3) is 0 Å². The van der Waals surface area contributed by atoms with Gasteiger partial charge in [0.25, 0.3) is 11.5 Å². The number of guanidine groups is 2. The summed E-state index contributed by atoms with van der Waals surface area (Å²) in [5.41, 5.74) is 14.3. The lowest BCUT2D eigenvalue weighted by atomic mass is 10.3. The average molecular weight is 671 g/mol. The van der Waals surface area contributed by atoms with Crippen molar-refractivity contribution in [1.29, 1.82) is 0 Å². The van der Waals surface area contributed by atoms with E-state index in [9.17, 15) is 4.79 Å². The number of aryl methyl sites for hydroxylation is 2. The number of aliphatic imine (C=N–C) groups is 2. The number of hydrogen-bond donors (Lipinski definition) is 3. The van der Waals surface area contributed by atoms with E-state index in [0.717, 1.165) is 5.69 Å². The van der Waals surface area contributed by atoms with Gasteiger partial charge in [-0.05, 0) is 56.3 Å². The van der Waals surface area contributed by atoms with Gasteiger partial charge in [0.1, 0.15) is 5.15 Å². The van der Waals surface area contributed by atoms with E-state index >= 15 is 0 Å². The van der Waals surface area contributed by atoms with Crippen molar-refractivity contribution in [1.82, 2.24) is 19.9 Å². The molecule has 0 aliphatic rings. The summed E-state index contributed by atoms with van der Waals surface area (Å²) in [5.74, 6) is 0.700. The monoisotopic (exact) mass is 668 g/mol. The van der Waals surface area contributed by atoms with Gasteiger partial charge in [0.05, 0.1) is 20.1 Å². The van der Waals surface area contributed by atoms with E-state index in [4.69, 9.17) is 69.5 Å². The maximum atomic E-state index is 11.4. The lowest BCUT2D eigenvalue weighted by Crippen LogP contribution is -2.33. The second-order valence-corrected chi connectivity index (χ2v) is 10.6. The fourth-order valence-electron chi connectivity index (χ4n) is 3.19. The SMILES string of the molecule is Cc1cc(=O)[nH]c(N=C(N)N(C)c2ccc(Cl)c(Cl)c2)n1.Cc1cc(Cl)nc(N=C(N)N(C)c2ccc(Cl)c(Cl)c2)n1. The molecule has 0 atom stereocenters. The molecule has 0 unspecified atom stereocenters. The first-order chi connectivity index (χ1) is 19.7. The molecular weight excluding hydrogens is 646 g/mol. The zero-order valence-electron chi connectivity index (χ0n) is 22.7. The number of aromatic nitrogens is 4. The highest BCUT2D eigenvalue weighted by Crippen LogP contribution is 2.28. The van der Waals surface area contributed by atoms with Gasteiger partial charge in [0.2, 0.25) is 17.9 Å². The van der Waals surface area contributed by atoms with E-state index in [0.29, 0.717) is 42.3 Å². The molecule has 2 aromatic carbocycles. The van der Waals surface area contributed by atoms with Gasteiger partial charge in [-0.15, -0.1) is 0 Å². The summed E-state index contributed by atoms with van der Waals surface area (Å²) in [4.78, 5) is 37.6. The second-order valence-electron chi connectivity index (χ2n) is 8.60. The van der Waals surface area contributed by atoms with Crippen LogP contribution in [0.5, 0.6) is 0 Å². The maximum Gasteiger partial charge on any atom is 0.254 e. The molecule has 11 nitrogen and oxygen atoms in total. The van der Waals surface area contributed by atoms with Crippen LogP contribution in [0, 0.1) is 13.8 Å². The topological polar surface area (TPSA) is 155 Å². The molecular formula is C26H25Cl5N10O. The smallest absolute Gasteiger partial charge is 0.254 e. The van der Waals surface area contributed by atoms with E-state index < -0.39 is 0 Å². The third-order valence-corrected chi connectivity index (χ3v) is 7.04. The predicted octanol–water partition coefficient (Wildman–Crippen LogP) is 6.30. The van der Waals surface area contributed by atoms with Crippen LogP contribution in [-0.4, -0.2) is 46.0 Å². The highest BCUT2D eigenvalue weighted by molar-refractivity contribution is 6.42. The minimum absolute atomic E-state index is 0.143. The van der Waals surface area contributed by atoms with Crippen LogP contribution in [0.15, 0.2) is 63.3 Å². The normalized spacial score (nSPS) is 11.5. The zero-order chi connectivity index (χ0) is 31.1. The van der Waals surface area contributed by atoms with Gasteiger partial charge in [0, 0.05) is 42.9 Å². The summed E-state index contributed by atoms with van der Waals surface area (Å²) in [6.45, 7) is 3.50. The molecule has 16 heteroatoms. The molecule has 5 N–H and O–H groups in total. The van der Waals surface area contributed by atoms with Gasteiger partial charge in [0.15, 0.2) is 0 Å². The number of aromatic amines is 1. The summed E-state index contributed by atoms with van der Waals surface area (Å²) in [6, 6.07) is 13.2. The first kappa shape index (κ1) is 32.9. The molecule has 0 aliphatic heterocycles. The molecule has 0 saturated heterocycles. The lowest BCUT2D eigenvalue weighted by Gasteiger charge is -2.18. The van der Waals surface area contributed by atoms with Crippen molar-refractivity contribution in [3.05, 3.63) is 95.5 Å². The van der Waals surface area contributed by atoms with Gasteiger partial charge in [-0.2, -0.15) is 15.0 Å². The molecule has 2 heterocycles. The first-order valence-corrected chi connectivity index (χ1v) is 13.8. The molecule has 0 radical (unpaired) electrons. The Kier molecular flexibility index (Phi) is 11.4. The van der Waals surface area contributed by atoms with Gasteiger partial charge in [-0.1, -0.05) is 58.0 Å². The minimum atomic E-state index is -0.286. The number of H-pyrrole nitrogens is 1. The van der Waals surface area contributed by atoms with E-state index in [1.165, 1.54) is 6.07 Å².